The zero-order valence-electron chi connectivity index (χ0n) is 18.1. The summed E-state index contributed by atoms with van der Waals surface area (Å²) in [7, 11) is -2.00. The predicted octanol–water partition coefficient (Wildman–Crippen LogP) is 3.16. The lowest BCUT2D eigenvalue weighted by Crippen LogP contribution is -2.19. The third kappa shape index (κ3) is 4.05. The number of hydrogen-bond acceptors (Lipinski definition) is 6. The minimum atomic E-state index is -3.55. The fourth-order valence-corrected chi connectivity index (χ4v) is 5.30. The topological polar surface area (TPSA) is 134 Å². The van der Waals surface area contributed by atoms with Crippen LogP contribution in [0.3, 0.4) is 0 Å². The van der Waals surface area contributed by atoms with E-state index in [1.807, 2.05) is 12.1 Å². The molecule has 0 saturated heterocycles. The molecule has 11 heteroatoms. The third-order valence-electron chi connectivity index (χ3n) is 5.85. The van der Waals surface area contributed by atoms with E-state index in [1.165, 1.54) is 11.8 Å². The fraction of sp³-hybridized carbons (Fsp3) is 0.318. The molecule has 172 valence electrons. The van der Waals surface area contributed by atoms with Gasteiger partial charge < -0.3 is 14.8 Å². The van der Waals surface area contributed by atoms with E-state index < -0.39 is 15.9 Å². The van der Waals surface area contributed by atoms with E-state index in [0.29, 0.717) is 30.6 Å². The van der Waals surface area contributed by atoms with Gasteiger partial charge in [0.2, 0.25) is 11.8 Å². The summed E-state index contributed by atoms with van der Waals surface area (Å²) in [6, 6.07) is 6.91. The number of amides is 2. The number of nitrogens with one attached hydrogen (secondary N) is 1. The van der Waals surface area contributed by atoms with Crippen molar-refractivity contribution in [3.63, 3.8) is 0 Å². The van der Waals surface area contributed by atoms with Crippen LogP contribution in [0.15, 0.2) is 45.9 Å². The van der Waals surface area contributed by atoms with Gasteiger partial charge in [-0.05, 0) is 48.4 Å². The summed E-state index contributed by atoms with van der Waals surface area (Å²) in [5, 5.41) is 12.9. The molecular weight excluding hydrogens is 444 g/mol. The smallest absolute Gasteiger partial charge is 0.354 e. The first-order valence-electron chi connectivity index (χ1n) is 10.7. The van der Waals surface area contributed by atoms with Crippen LogP contribution in [0.1, 0.15) is 24.0 Å². The second-order valence-electron chi connectivity index (χ2n) is 7.90. The third-order valence-corrected chi connectivity index (χ3v) is 7.20. The Balaban J connectivity index is 1.55. The van der Waals surface area contributed by atoms with E-state index >= 15 is 0 Å². The summed E-state index contributed by atoms with van der Waals surface area (Å²) in [4.78, 5) is 17.3. The van der Waals surface area contributed by atoms with Gasteiger partial charge in [0.25, 0.3) is 0 Å². The monoisotopic (exact) mass is 468 g/mol. The Morgan fingerprint density at radius 2 is 2.15 bits per heavy atom. The normalized spacial score (nSPS) is 16.2. The average molecular weight is 469 g/mol. The number of pyridine rings is 1. The number of nitrogens with zero attached hydrogens (tertiary/aromatic N) is 4. The Bertz CT molecular complexity index is 1360. The van der Waals surface area contributed by atoms with Gasteiger partial charge in [-0.15, -0.1) is 4.36 Å². The largest absolute Gasteiger partial charge is 0.481 e. The molecule has 2 amide bonds. The highest BCUT2D eigenvalue weighted by Crippen LogP contribution is 2.37. The summed E-state index contributed by atoms with van der Waals surface area (Å²) in [5.74, 6) is 0.757. The zero-order valence-corrected chi connectivity index (χ0v) is 18.9. The van der Waals surface area contributed by atoms with Crippen molar-refractivity contribution >= 4 is 21.6 Å². The number of hydrogen-bond donors (Lipinski definition) is 2. The lowest BCUT2D eigenvalue weighted by Gasteiger charge is -2.22. The highest BCUT2D eigenvalue weighted by Gasteiger charge is 2.26. The molecule has 0 saturated carbocycles. The minimum absolute atomic E-state index is 0.115. The van der Waals surface area contributed by atoms with Gasteiger partial charge in [-0.2, -0.15) is 5.10 Å². The molecule has 1 aromatic carbocycles. The summed E-state index contributed by atoms with van der Waals surface area (Å²) >= 11 is 0. The van der Waals surface area contributed by atoms with Crippen LogP contribution in [0.4, 0.5) is 10.5 Å². The molecule has 0 bridgehead atoms. The molecule has 0 radical (unpaired) electrons. The van der Waals surface area contributed by atoms with Crippen molar-refractivity contribution in [3.05, 3.63) is 47.8 Å². The Morgan fingerprint density at radius 1 is 1.30 bits per heavy atom. The Hall–Kier alpha value is -3.44. The van der Waals surface area contributed by atoms with Crippen LogP contribution >= 0.6 is 0 Å². The van der Waals surface area contributed by atoms with Crippen LogP contribution in [0.25, 0.3) is 11.1 Å². The fourth-order valence-electron chi connectivity index (χ4n) is 4.29. The number of carbonyl (C=O) groups is 1. The number of urea groups is 1. The van der Waals surface area contributed by atoms with Gasteiger partial charge in [-0.3, -0.25) is 0 Å². The van der Waals surface area contributed by atoms with Gasteiger partial charge >= 0.3 is 6.03 Å². The first-order chi connectivity index (χ1) is 16.0. The molecule has 1 unspecified atom stereocenters. The van der Waals surface area contributed by atoms with E-state index in [4.69, 9.17) is 14.6 Å². The molecule has 1 atom stereocenters. The summed E-state index contributed by atoms with van der Waals surface area (Å²) in [5.41, 5.74) is 4.51. The van der Waals surface area contributed by atoms with Gasteiger partial charge in [0.15, 0.2) is 9.92 Å². The number of anilines is 1. The van der Waals surface area contributed by atoms with Crippen molar-refractivity contribution in [1.82, 2.24) is 14.8 Å². The first-order valence-corrected chi connectivity index (χ1v) is 12.2. The van der Waals surface area contributed by atoms with Gasteiger partial charge in [0, 0.05) is 17.8 Å². The Kier molecular flexibility index (Phi) is 5.51. The molecule has 0 fully saturated rings. The van der Waals surface area contributed by atoms with E-state index in [-0.39, 0.29) is 4.90 Å². The number of methoxy groups -OCH3 is 1. The molecule has 3 heterocycles. The van der Waals surface area contributed by atoms with E-state index in [2.05, 4.69) is 25.8 Å². The molecular formula is C22H24N6O4S. The quantitative estimate of drug-likeness (QED) is 0.604. The number of aryl methyl sites for hydroxylation is 1. The van der Waals surface area contributed by atoms with Crippen molar-refractivity contribution in [1.29, 1.82) is 0 Å². The van der Waals surface area contributed by atoms with Gasteiger partial charge in [0.05, 0.1) is 25.5 Å². The van der Waals surface area contributed by atoms with Crippen LogP contribution < -0.4 is 19.9 Å². The van der Waals surface area contributed by atoms with E-state index in [0.717, 1.165) is 42.4 Å². The maximum atomic E-state index is 13.1. The number of ether oxygens (including phenoxy) is 2. The maximum absolute atomic E-state index is 13.1. The molecule has 0 spiro atoms. The molecule has 33 heavy (non-hydrogen) atoms. The van der Waals surface area contributed by atoms with E-state index in [9.17, 15) is 9.00 Å². The second kappa shape index (κ2) is 8.49. The van der Waals surface area contributed by atoms with Crippen molar-refractivity contribution in [2.24, 2.45) is 9.50 Å². The van der Waals surface area contributed by atoms with Gasteiger partial charge in [0.1, 0.15) is 11.5 Å². The number of fused-ring (bicyclic) bond motifs is 2. The van der Waals surface area contributed by atoms with Gasteiger partial charge in [-0.1, -0.05) is 12.1 Å². The molecule has 5 rings (SSSR count). The second-order valence-corrected chi connectivity index (χ2v) is 9.66. The van der Waals surface area contributed by atoms with Crippen LogP contribution in [0, 0.1) is 0 Å². The summed E-state index contributed by atoms with van der Waals surface area (Å²) in [6.45, 7) is 0.943. The first kappa shape index (κ1) is 21.4. The van der Waals surface area contributed by atoms with Gasteiger partial charge in [-0.25, -0.2) is 23.8 Å². The SMILES string of the molecule is COc1cc(-c2ccc3c(c2NC(=O)N=S(N)(=O)c2cnn4c2OCC4)CCCC3)ccn1. The van der Waals surface area contributed by atoms with Crippen LogP contribution in [0.5, 0.6) is 11.8 Å². The number of aromatic nitrogens is 3. The number of rotatable bonds is 4. The van der Waals surface area contributed by atoms with E-state index in [1.54, 1.807) is 24.1 Å². The van der Waals surface area contributed by atoms with Crippen molar-refractivity contribution < 1.29 is 18.5 Å². The highest BCUT2D eigenvalue weighted by atomic mass is 32.2. The number of benzene rings is 1. The Morgan fingerprint density at radius 3 is 3.00 bits per heavy atom. The van der Waals surface area contributed by atoms with Crippen LogP contribution in [-0.2, 0) is 29.3 Å². The minimum Gasteiger partial charge on any atom is -0.481 e. The standard InChI is InChI=1S/C22H24N6O4S/c1-31-19-12-15(8-9-24-19)17-7-6-14-4-2-3-5-16(14)20(17)26-22(29)27-33(23,30)18-13-25-28-10-11-32-21(18)28/h6-9,12-13H,2-5,10-11H2,1H3,(H3,23,26,27,29,30). The summed E-state index contributed by atoms with van der Waals surface area (Å²) < 4.78 is 29.2. The molecule has 2 aliphatic rings. The number of carbonyl (C=O) groups excluding carboxylic acids is 1. The summed E-state index contributed by atoms with van der Waals surface area (Å²) in [6.07, 6.45) is 6.86. The van der Waals surface area contributed by atoms with Crippen molar-refractivity contribution in [3.8, 4) is 22.9 Å². The lowest BCUT2D eigenvalue weighted by molar-refractivity contribution is 0.260. The van der Waals surface area contributed by atoms with Crippen molar-refractivity contribution in [2.75, 3.05) is 19.0 Å². The molecule has 1 aliphatic carbocycles. The van der Waals surface area contributed by atoms with Crippen molar-refractivity contribution in [2.45, 2.75) is 37.1 Å². The highest BCUT2D eigenvalue weighted by molar-refractivity contribution is 7.91. The molecule has 2 aromatic heterocycles. The Labute approximate surface area is 191 Å². The molecule has 3 aromatic rings. The average Bonchev–Trinajstić information content (AvgIpc) is 3.43. The zero-order chi connectivity index (χ0) is 23.0. The molecule has 1 aliphatic heterocycles. The van der Waals surface area contributed by atoms with Crippen LogP contribution in [-0.4, -0.2) is 38.7 Å². The molecule has 3 N–H and O–H groups in total. The lowest BCUT2D eigenvalue weighted by atomic mass is 9.87. The predicted molar refractivity (Wildman–Crippen MR) is 123 cm³/mol. The maximum Gasteiger partial charge on any atom is 0.354 e. The number of nitrogens with two attached hydrogens (primary N) is 1. The molecule has 10 nitrogen and oxygen atoms in total. The van der Waals surface area contributed by atoms with Crippen LogP contribution in [0.2, 0.25) is 0 Å².